The van der Waals surface area contributed by atoms with Gasteiger partial charge in [0.05, 0.1) is 17.3 Å². The van der Waals surface area contributed by atoms with Crippen LogP contribution in [-0.4, -0.2) is 61.0 Å². The fourth-order valence-electron chi connectivity index (χ4n) is 3.41. The van der Waals surface area contributed by atoms with E-state index in [1.54, 1.807) is 9.80 Å². The number of nitrogens with one attached hydrogen (secondary N) is 1. The molecule has 2 aromatic rings. The van der Waals surface area contributed by atoms with E-state index in [0.717, 1.165) is 11.3 Å². The second-order valence-electron chi connectivity index (χ2n) is 6.98. The lowest BCUT2D eigenvalue weighted by molar-refractivity contribution is -0.130. The summed E-state index contributed by atoms with van der Waals surface area (Å²) >= 11 is 6.27. The van der Waals surface area contributed by atoms with E-state index in [9.17, 15) is 9.59 Å². The molecule has 0 saturated carbocycles. The average molecular weight is 415 g/mol. The molecular weight excluding hydrogens is 388 g/mol. The molecule has 154 valence electrons. The second-order valence-corrected chi connectivity index (χ2v) is 7.38. The second kappa shape index (κ2) is 10.2. The molecule has 6 nitrogen and oxygen atoms in total. The van der Waals surface area contributed by atoms with Crippen LogP contribution in [0.5, 0.6) is 0 Å². The normalized spacial score (nSPS) is 13.9. The lowest BCUT2D eigenvalue weighted by Crippen LogP contribution is -2.53. The van der Waals surface area contributed by atoms with Crippen LogP contribution in [0.1, 0.15) is 12.5 Å². The minimum atomic E-state index is -0.201. The van der Waals surface area contributed by atoms with E-state index < -0.39 is 0 Å². The summed E-state index contributed by atoms with van der Waals surface area (Å²) in [5, 5.41) is 3.49. The van der Waals surface area contributed by atoms with Crippen LogP contribution in [-0.2, 0) is 11.3 Å². The van der Waals surface area contributed by atoms with E-state index in [4.69, 9.17) is 11.6 Å². The summed E-state index contributed by atoms with van der Waals surface area (Å²) in [7, 11) is 0. The zero-order valence-electron chi connectivity index (χ0n) is 16.7. The first kappa shape index (κ1) is 21.0. The number of likely N-dealkylation sites (N-methyl/N-ethyl adjacent to an activating group) is 1. The summed E-state index contributed by atoms with van der Waals surface area (Å²) in [6.07, 6.45) is 0. The van der Waals surface area contributed by atoms with Gasteiger partial charge in [0.25, 0.3) is 0 Å². The highest BCUT2D eigenvalue weighted by Gasteiger charge is 2.23. The van der Waals surface area contributed by atoms with Crippen LogP contribution in [0.3, 0.4) is 0 Å². The number of piperazine rings is 1. The van der Waals surface area contributed by atoms with Gasteiger partial charge in [0.15, 0.2) is 0 Å². The monoisotopic (exact) mass is 414 g/mol. The SMILES string of the molecule is CCN(Cc1ccccc1)C(=O)CNC(=O)N1CCN(c2ccccc2Cl)CC1. The van der Waals surface area contributed by atoms with E-state index in [1.165, 1.54) is 0 Å². The number of urea groups is 1. The Labute approximate surface area is 177 Å². The van der Waals surface area contributed by atoms with Crippen molar-refractivity contribution in [2.45, 2.75) is 13.5 Å². The number of hydrogen-bond acceptors (Lipinski definition) is 3. The summed E-state index contributed by atoms with van der Waals surface area (Å²) in [6, 6.07) is 17.4. The molecule has 0 atom stereocenters. The molecule has 2 aromatic carbocycles. The van der Waals surface area contributed by atoms with E-state index >= 15 is 0 Å². The minimum Gasteiger partial charge on any atom is -0.367 e. The molecule has 0 aliphatic carbocycles. The third-order valence-electron chi connectivity index (χ3n) is 5.10. The van der Waals surface area contributed by atoms with Crippen LogP contribution < -0.4 is 10.2 Å². The van der Waals surface area contributed by atoms with Crippen molar-refractivity contribution in [2.24, 2.45) is 0 Å². The number of anilines is 1. The van der Waals surface area contributed by atoms with Crippen LogP contribution in [0.25, 0.3) is 0 Å². The zero-order chi connectivity index (χ0) is 20.6. The molecule has 1 saturated heterocycles. The van der Waals surface area contributed by atoms with Gasteiger partial charge in [-0.25, -0.2) is 4.79 Å². The third kappa shape index (κ3) is 5.64. The van der Waals surface area contributed by atoms with Crippen molar-refractivity contribution in [1.29, 1.82) is 0 Å². The molecule has 1 heterocycles. The van der Waals surface area contributed by atoms with E-state index in [-0.39, 0.29) is 18.5 Å². The Balaban J connectivity index is 1.46. The molecule has 7 heteroatoms. The first-order valence-electron chi connectivity index (χ1n) is 9.92. The largest absolute Gasteiger partial charge is 0.367 e. The van der Waals surface area contributed by atoms with E-state index in [0.29, 0.717) is 44.3 Å². The van der Waals surface area contributed by atoms with Gasteiger partial charge in [-0.05, 0) is 24.6 Å². The fraction of sp³-hybridized carbons (Fsp3) is 0.364. The Hall–Kier alpha value is -2.73. The van der Waals surface area contributed by atoms with Crippen molar-refractivity contribution in [3.05, 3.63) is 65.2 Å². The predicted octanol–water partition coefficient (Wildman–Crippen LogP) is 3.22. The van der Waals surface area contributed by atoms with Crippen molar-refractivity contribution in [3.63, 3.8) is 0 Å². The van der Waals surface area contributed by atoms with Gasteiger partial charge in [0.1, 0.15) is 0 Å². The topological polar surface area (TPSA) is 55.9 Å². The van der Waals surface area contributed by atoms with Gasteiger partial charge in [0.2, 0.25) is 5.91 Å². The average Bonchev–Trinajstić information content (AvgIpc) is 2.77. The van der Waals surface area contributed by atoms with Crippen LogP contribution in [0.2, 0.25) is 5.02 Å². The number of hydrogen-bond donors (Lipinski definition) is 1. The smallest absolute Gasteiger partial charge is 0.317 e. The number of amides is 3. The fourth-order valence-corrected chi connectivity index (χ4v) is 3.67. The molecule has 1 fully saturated rings. The molecule has 0 radical (unpaired) electrons. The van der Waals surface area contributed by atoms with Crippen molar-refractivity contribution in [2.75, 3.05) is 44.2 Å². The minimum absolute atomic E-state index is 0.00420. The number of rotatable bonds is 6. The van der Waals surface area contributed by atoms with Gasteiger partial charge in [-0.3, -0.25) is 4.79 Å². The maximum absolute atomic E-state index is 12.5. The van der Waals surface area contributed by atoms with Crippen LogP contribution in [0.15, 0.2) is 54.6 Å². The lowest BCUT2D eigenvalue weighted by atomic mass is 10.2. The molecule has 3 amide bonds. The lowest BCUT2D eigenvalue weighted by Gasteiger charge is -2.36. The zero-order valence-corrected chi connectivity index (χ0v) is 17.4. The summed E-state index contributed by atoms with van der Waals surface area (Å²) < 4.78 is 0. The van der Waals surface area contributed by atoms with Crippen LogP contribution in [0, 0.1) is 0 Å². The number of nitrogens with zero attached hydrogens (tertiary/aromatic N) is 3. The first-order valence-corrected chi connectivity index (χ1v) is 10.3. The summed E-state index contributed by atoms with van der Waals surface area (Å²) in [5.74, 6) is -0.0839. The number of benzene rings is 2. The summed E-state index contributed by atoms with van der Waals surface area (Å²) in [6.45, 7) is 5.68. The first-order chi connectivity index (χ1) is 14.1. The highest BCUT2D eigenvalue weighted by Crippen LogP contribution is 2.25. The number of halogens is 1. The predicted molar refractivity (Wildman–Crippen MR) is 116 cm³/mol. The third-order valence-corrected chi connectivity index (χ3v) is 5.42. The van der Waals surface area contributed by atoms with Gasteiger partial charge < -0.3 is 20.0 Å². The molecule has 0 unspecified atom stereocenters. The Kier molecular flexibility index (Phi) is 7.36. The summed E-state index contributed by atoms with van der Waals surface area (Å²) in [5.41, 5.74) is 2.06. The Morgan fingerprint density at radius 1 is 1.00 bits per heavy atom. The van der Waals surface area contributed by atoms with Crippen molar-refractivity contribution < 1.29 is 9.59 Å². The Morgan fingerprint density at radius 2 is 1.66 bits per heavy atom. The quantitative estimate of drug-likeness (QED) is 0.789. The summed E-state index contributed by atoms with van der Waals surface area (Å²) in [4.78, 5) is 30.7. The van der Waals surface area contributed by atoms with Crippen molar-refractivity contribution >= 4 is 29.2 Å². The molecular formula is C22H27ClN4O2. The molecule has 1 aliphatic heterocycles. The molecule has 0 aromatic heterocycles. The van der Waals surface area contributed by atoms with E-state index in [1.807, 2.05) is 61.5 Å². The highest BCUT2D eigenvalue weighted by atomic mass is 35.5. The maximum Gasteiger partial charge on any atom is 0.317 e. The Bertz CT molecular complexity index is 823. The van der Waals surface area contributed by atoms with E-state index in [2.05, 4.69) is 10.2 Å². The van der Waals surface area contributed by atoms with Gasteiger partial charge in [0, 0.05) is 39.3 Å². The molecule has 29 heavy (non-hydrogen) atoms. The van der Waals surface area contributed by atoms with Crippen LogP contribution >= 0.6 is 11.6 Å². The van der Waals surface area contributed by atoms with Gasteiger partial charge in [-0.2, -0.15) is 0 Å². The van der Waals surface area contributed by atoms with Crippen LogP contribution in [0.4, 0.5) is 10.5 Å². The number of para-hydroxylation sites is 1. The molecule has 0 bridgehead atoms. The van der Waals surface area contributed by atoms with Gasteiger partial charge >= 0.3 is 6.03 Å². The van der Waals surface area contributed by atoms with Crippen molar-refractivity contribution in [1.82, 2.24) is 15.1 Å². The van der Waals surface area contributed by atoms with Gasteiger partial charge in [-0.1, -0.05) is 54.1 Å². The highest BCUT2D eigenvalue weighted by molar-refractivity contribution is 6.33. The number of carbonyl (C=O) groups is 2. The van der Waals surface area contributed by atoms with Crippen molar-refractivity contribution in [3.8, 4) is 0 Å². The Morgan fingerprint density at radius 3 is 2.31 bits per heavy atom. The molecule has 3 rings (SSSR count). The maximum atomic E-state index is 12.5. The molecule has 0 spiro atoms. The number of carbonyl (C=O) groups excluding carboxylic acids is 2. The van der Waals surface area contributed by atoms with Gasteiger partial charge in [-0.15, -0.1) is 0 Å². The standard InChI is InChI=1S/C22H27ClN4O2/c1-2-25(17-18-8-4-3-5-9-18)21(28)16-24-22(29)27-14-12-26(13-15-27)20-11-7-6-10-19(20)23/h3-11H,2,12-17H2,1H3,(H,24,29). The molecule has 1 N–H and O–H groups in total. The molecule has 1 aliphatic rings.